The van der Waals surface area contributed by atoms with Crippen LogP contribution in [0.15, 0.2) is 42.7 Å². The fourth-order valence-corrected chi connectivity index (χ4v) is 1.82. The van der Waals surface area contributed by atoms with E-state index in [1.165, 1.54) is 6.07 Å². The van der Waals surface area contributed by atoms with Crippen molar-refractivity contribution in [2.45, 2.75) is 13.0 Å². The zero-order chi connectivity index (χ0) is 15.1. The summed E-state index contributed by atoms with van der Waals surface area (Å²) < 4.78 is 20.2. The van der Waals surface area contributed by atoms with Gasteiger partial charge in [0.25, 0.3) is 0 Å². The van der Waals surface area contributed by atoms with Crippen LogP contribution in [-0.2, 0) is 11.3 Å². The predicted molar refractivity (Wildman–Crippen MR) is 75.6 cm³/mol. The number of aromatic nitrogens is 1. The Bertz CT molecular complexity index is 564. The number of carbonyl (C=O) groups is 1. The lowest BCUT2D eigenvalue weighted by atomic mass is 10.3. The number of halogens is 1. The number of amides is 1. The molecule has 2 aromatic rings. The molecule has 0 saturated heterocycles. The average molecular weight is 292 g/mol. The van der Waals surface area contributed by atoms with E-state index in [9.17, 15) is 14.3 Å². The van der Waals surface area contributed by atoms with Crippen LogP contribution in [0.5, 0.6) is 11.5 Å². The Morgan fingerprint density at radius 1 is 1.29 bits per heavy atom. The Balaban J connectivity index is 1.64. The third-order valence-corrected chi connectivity index (χ3v) is 2.81. The first-order chi connectivity index (χ1) is 10.1. The summed E-state index contributed by atoms with van der Waals surface area (Å²) in [5.74, 6) is -0.724. The SMILES string of the molecule is O=C(CCOc1cc(O)cc(F)c1)NCCn1cccc1. The van der Waals surface area contributed by atoms with E-state index >= 15 is 0 Å². The molecule has 0 fully saturated rings. The van der Waals surface area contributed by atoms with Crippen LogP contribution in [0.25, 0.3) is 0 Å². The first-order valence-corrected chi connectivity index (χ1v) is 6.63. The number of phenolic OH excluding ortho intramolecular Hbond substituents is 1. The molecule has 1 amide bonds. The molecule has 2 N–H and O–H groups in total. The zero-order valence-electron chi connectivity index (χ0n) is 11.5. The van der Waals surface area contributed by atoms with Crippen molar-refractivity contribution in [2.24, 2.45) is 0 Å². The van der Waals surface area contributed by atoms with Crippen molar-refractivity contribution in [3.05, 3.63) is 48.5 Å². The van der Waals surface area contributed by atoms with Crippen LogP contribution in [-0.4, -0.2) is 28.7 Å². The number of nitrogens with one attached hydrogen (secondary N) is 1. The molecule has 1 aromatic carbocycles. The van der Waals surface area contributed by atoms with Crippen molar-refractivity contribution >= 4 is 5.91 Å². The number of aromatic hydroxyl groups is 1. The lowest BCUT2D eigenvalue weighted by Gasteiger charge is -2.08. The molecule has 0 saturated carbocycles. The van der Waals surface area contributed by atoms with Gasteiger partial charge in [0.05, 0.1) is 13.0 Å². The summed E-state index contributed by atoms with van der Waals surface area (Å²) in [6, 6.07) is 7.28. The van der Waals surface area contributed by atoms with Crippen LogP contribution in [0.4, 0.5) is 4.39 Å². The molecule has 0 bridgehead atoms. The lowest BCUT2D eigenvalue weighted by molar-refractivity contribution is -0.121. The van der Waals surface area contributed by atoms with Crippen molar-refractivity contribution in [3.8, 4) is 11.5 Å². The average Bonchev–Trinajstić information content (AvgIpc) is 2.91. The summed E-state index contributed by atoms with van der Waals surface area (Å²) >= 11 is 0. The van der Waals surface area contributed by atoms with Crippen molar-refractivity contribution < 1.29 is 19.0 Å². The standard InChI is InChI=1S/C15H17FN2O3/c16-12-9-13(19)11-14(10-12)21-8-3-15(20)17-4-7-18-5-1-2-6-18/h1-2,5-6,9-11,19H,3-4,7-8H2,(H,17,20). The number of phenols is 1. The third-order valence-electron chi connectivity index (χ3n) is 2.81. The largest absolute Gasteiger partial charge is 0.508 e. The van der Waals surface area contributed by atoms with Gasteiger partial charge in [0.1, 0.15) is 17.3 Å². The monoisotopic (exact) mass is 292 g/mol. The van der Waals surface area contributed by atoms with Gasteiger partial charge in [0, 0.05) is 43.7 Å². The van der Waals surface area contributed by atoms with Crippen LogP contribution in [0.1, 0.15) is 6.42 Å². The van der Waals surface area contributed by atoms with E-state index in [0.717, 1.165) is 12.1 Å². The smallest absolute Gasteiger partial charge is 0.223 e. The van der Waals surface area contributed by atoms with Crippen LogP contribution >= 0.6 is 0 Å². The summed E-state index contributed by atoms with van der Waals surface area (Å²) in [5, 5.41) is 12.0. The van der Waals surface area contributed by atoms with Gasteiger partial charge in [-0.1, -0.05) is 0 Å². The molecule has 0 radical (unpaired) electrons. The molecule has 2 rings (SSSR count). The van der Waals surface area contributed by atoms with Crippen LogP contribution in [0, 0.1) is 5.82 Å². The van der Waals surface area contributed by atoms with Gasteiger partial charge in [-0.2, -0.15) is 0 Å². The highest BCUT2D eigenvalue weighted by molar-refractivity contribution is 5.75. The molecule has 112 valence electrons. The minimum Gasteiger partial charge on any atom is -0.508 e. The van der Waals surface area contributed by atoms with Gasteiger partial charge in [-0.25, -0.2) is 4.39 Å². The Morgan fingerprint density at radius 2 is 2.05 bits per heavy atom. The Morgan fingerprint density at radius 3 is 2.76 bits per heavy atom. The minimum absolute atomic E-state index is 0.123. The highest BCUT2D eigenvalue weighted by Gasteiger charge is 2.04. The van der Waals surface area contributed by atoms with Gasteiger partial charge in [0.2, 0.25) is 5.91 Å². The van der Waals surface area contributed by atoms with E-state index in [-0.39, 0.29) is 30.4 Å². The van der Waals surface area contributed by atoms with E-state index in [2.05, 4.69) is 5.32 Å². The van der Waals surface area contributed by atoms with Crippen LogP contribution in [0.2, 0.25) is 0 Å². The van der Waals surface area contributed by atoms with E-state index in [1.807, 2.05) is 29.1 Å². The molecule has 1 aromatic heterocycles. The van der Waals surface area contributed by atoms with E-state index in [0.29, 0.717) is 13.1 Å². The number of nitrogens with zero attached hydrogens (tertiary/aromatic N) is 1. The summed E-state index contributed by atoms with van der Waals surface area (Å²) in [7, 11) is 0. The Kier molecular flexibility index (Phi) is 5.20. The van der Waals surface area contributed by atoms with E-state index < -0.39 is 5.82 Å². The molecule has 21 heavy (non-hydrogen) atoms. The molecular weight excluding hydrogens is 275 g/mol. The first kappa shape index (κ1) is 14.9. The number of ether oxygens (including phenoxy) is 1. The van der Waals surface area contributed by atoms with E-state index in [1.54, 1.807) is 0 Å². The maximum atomic E-state index is 13.0. The summed E-state index contributed by atoms with van der Waals surface area (Å²) in [5.41, 5.74) is 0. The van der Waals surface area contributed by atoms with Gasteiger partial charge < -0.3 is 19.7 Å². The lowest BCUT2D eigenvalue weighted by Crippen LogP contribution is -2.28. The van der Waals surface area contributed by atoms with E-state index in [4.69, 9.17) is 4.74 Å². The number of hydrogen-bond acceptors (Lipinski definition) is 3. The molecule has 0 unspecified atom stereocenters. The molecule has 0 spiro atoms. The molecular formula is C15H17FN2O3. The summed E-state index contributed by atoms with van der Waals surface area (Å²) in [6.07, 6.45) is 4.01. The number of rotatable bonds is 7. The topological polar surface area (TPSA) is 63.5 Å². The van der Waals surface area contributed by atoms with Gasteiger partial charge >= 0.3 is 0 Å². The van der Waals surface area contributed by atoms with Gasteiger partial charge in [-0.15, -0.1) is 0 Å². The quantitative estimate of drug-likeness (QED) is 0.819. The van der Waals surface area contributed by atoms with Crippen LogP contribution in [0.3, 0.4) is 0 Å². The minimum atomic E-state index is -0.582. The Labute approximate surface area is 122 Å². The van der Waals surface area contributed by atoms with Gasteiger partial charge in [-0.3, -0.25) is 4.79 Å². The second-order valence-corrected chi connectivity index (χ2v) is 4.51. The van der Waals surface area contributed by atoms with Gasteiger partial charge in [-0.05, 0) is 12.1 Å². The first-order valence-electron chi connectivity index (χ1n) is 6.63. The third kappa shape index (κ3) is 5.18. The van der Waals surface area contributed by atoms with Crippen molar-refractivity contribution in [1.82, 2.24) is 9.88 Å². The number of carbonyl (C=O) groups excluding carboxylic acids is 1. The molecule has 0 atom stereocenters. The normalized spacial score (nSPS) is 10.3. The highest BCUT2D eigenvalue weighted by Crippen LogP contribution is 2.20. The van der Waals surface area contributed by atoms with Crippen molar-refractivity contribution in [1.29, 1.82) is 0 Å². The fraction of sp³-hybridized carbons (Fsp3) is 0.267. The summed E-state index contributed by atoms with van der Waals surface area (Å²) in [6.45, 7) is 1.36. The maximum Gasteiger partial charge on any atom is 0.223 e. The highest BCUT2D eigenvalue weighted by atomic mass is 19.1. The number of benzene rings is 1. The Hall–Kier alpha value is -2.50. The predicted octanol–water partition coefficient (Wildman–Crippen LogP) is 1.92. The zero-order valence-corrected chi connectivity index (χ0v) is 11.5. The molecule has 0 aliphatic rings. The molecule has 5 nitrogen and oxygen atoms in total. The van der Waals surface area contributed by atoms with Crippen LogP contribution < -0.4 is 10.1 Å². The summed E-state index contributed by atoms with van der Waals surface area (Å²) in [4.78, 5) is 11.6. The molecule has 6 heteroatoms. The number of hydrogen-bond donors (Lipinski definition) is 2. The molecule has 0 aliphatic heterocycles. The maximum absolute atomic E-state index is 13.0. The second-order valence-electron chi connectivity index (χ2n) is 4.51. The van der Waals surface area contributed by atoms with Gasteiger partial charge in [0.15, 0.2) is 0 Å². The molecule has 1 heterocycles. The second kappa shape index (κ2) is 7.33. The van der Waals surface area contributed by atoms with Crippen molar-refractivity contribution in [3.63, 3.8) is 0 Å². The van der Waals surface area contributed by atoms with Crippen molar-refractivity contribution in [2.75, 3.05) is 13.2 Å². The fourth-order valence-electron chi connectivity index (χ4n) is 1.82. The molecule has 0 aliphatic carbocycles.